The lowest BCUT2D eigenvalue weighted by molar-refractivity contribution is -0.271. The molecule has 1 aromatic carbocycles. The summed E-state index contributed by atoms with van der Waals surface area (Å²) in [6, 6.07) is 6.93. The highest BCUT2D eigenvalue weighted by atomic mass is 35.5. The van der Waals surface area contributed by atoms with Crippen molar-refractivity contribution in [1.29, 1.82) is 0 Å². The molecule has 0 saturated carbocycles. The number of nitrogens with one attached hydrogen (secondary N) is 1. The molecule has 9 heteroatoms. The molecule has 0 aliphatic rings. The maximum atomic E-state index is 13.3. The quantitative estimate of drug-likeness (QED) is 0.815. The Bertz CT molecular complexity index is 748. The second-order valence-corrected chi connectivity index (χ2v) is 6.06. The largest absolute Gasteiger partial charge is 0.425 e. The third-order valence-electron chi connectivity index (χ3n) is 3.70. The summed E-state index contributed by atoms with van der Waals surface area (Å²) in [6.45, 7) is 0.119. The zero-order valence-electron chi connectivity index (χ0n) is 13.3. The number of carbonyl (C=O) groups is 1. The van der Waals surface area contributed by atoms with Crippen LogP contribution in [0.4, 0.5) is 13.2 Å². The van der Waals surface area contributed by atoms with E-state index in [4.69, 9.17) is 11.6 Å². The van der Waals surface area contributed by atoms with Gasteiger partial charge in [0.15, 0.2) is 5.82 Å². The van der Waals surface area contributed by atoms with Gasteiger partial charge in [-0.05, 0) is 24.1 Å². The van der Waals surface area contributed by atoms with E-state index in [-0.39, 0.29) is 6.54 Å². The van der Waals surface area contributed by atoms with Gasteiger partial charge < -0.3 is 15.0 Å². The first-order chi connectivity index (χ1) is 11.6. The van der Waals surface area contributed by atoms with E-state index < -0.39 is 29.9 Å². The third-order valence-corrected chi connectivity index (χ3v) is 3.94. The lowest BCUT2D eigenvalue weighted by atomic mass is 9.97. The van der Waals surface area contributed by atoms with Crippen molar-refractivity contribution in [2.45, 2.75) is 24.6 Å². The predicted octanol–water partition coefficient (Wildman–Crippen LogP) is 2.57. The van der Waals surface area contributed by atoms with Gasteiger partial charge in [0.05, 0.1) is 6.42 Å². The molecule has 1 aromatic heterocycles. The fraction of sp³-hybridized carbons (Fsp3) is 0.375. The van der Waals surface area contributed by atoms with E-state index in [2.05, 4.69) is 10.3 Å². The molecule has 25 heavy (non-hydrogen) atoms. The number of amides is 1. The summed E-state index contributed by atoms with van der Waals surface area (Å²) in [4.78, 5) is 15.5. The van der Waals surface area contributed by atoms with Crippen LogP contribution in [0.1, 0.15) is 17.8 Å². The molecule has 5 nitrogen and oxygen atoms in total. The van der Waals surface area contributed by atoms with Gasteiger partial charge in [0.25, 0.3) is 0 Å². The number of imidazole rings is 1. The summed E-state index contributed by atoms with van der Waals surface area (Å²) in [5.41, 5.74) is -2.52. The van der Waals surface area contributed by atoms with E-state index >= 15 is 0 Å². The van der Waals surface area contributed by atoms with Crippen LogP contribution in [0.3, 0.4) is 0 Å². The van der Waals surface area contributed by atoms with Crippen molar-refractivity contribution in [1.82, 2.24) is 14.9 Å². The molecular formula is C16H17ClF3N3O2. The second kappa shape index (κ2) is 7.45. The standard InChI is InChI=1S/C16H17ClF3N3O2/c1-23-8-7-22-14(23)15(25,16(18,19)20)10-13(24)21-6-5-11-3-2-4-12(17)9-11/h2-4,7-9,25H,5-6,10H2,1H3,(H,21,24). The minimum Gasteiger partial charge on any atom is -0.374 e. The average Bonchev–Trinajstić information content (AvgIpc) is 2.92. The van der Waals surface area contributed by atoms with Crippen LogP contribution in [0, 0.1) is 0 Å². The van der Waals surface area contributed by atoms with Gasteiger partial charge in [0, 0.05) is 31.0 Å². The zero-order chi connectivity index (χ0) is 18.7. The molecule has 1 heterocycles. The average molecular weight is 376 g/mol. The highest BCUT2D eigenvalue weighted by molar-refractivity contribution is 6.30. The summed E-state index contributed by atoms with van der Waals surface area (Å²) in [5.74, 6) is -1.56. The minimum atomic E-state index is -5.05. The predicted molar refractivity (Wildman–Crippen MR) is 85.9 cm³/mol. The number of carbonyl (C=O) groups excluding carboxylic acids is 1. The normalized spacial score (nSPS) is 14.2. The van der Waals surface area contributed by atoms with Crippen molar-refractivity contribution in [2.24, 2.45) is 7.05 Å². The number of benzene rings is 1. The van der Waals surface area contributed by atoms with Gasteiger partial charge in [-0.2, -0.15) is 13.2 Å². The molecule has 1 atom stereocenters. The Morgan fingerprint density at radius 3 is 2.68 bits per heavy atom. The summed E-state index contributed by atoms with van der Waals surface area (Å²) >= 11 is 5.84. The lowest BCUT2D eigenvalue weighted by Crippen LogP contribution is -2.48. The fourth-order valence-electron chi connectivity index (χ4n) is 2.40. The number of hydrogen-bond donors (Lipinski definition) is 2. The van der Waals surface area contributed by atoms with E-state index in [9.17, 15) is 23.1 Å². The molecule has 136 valence electrons. The Kier molecular flexibility index (Phi) is 5.74. The van der Waals surface area contributed by atoms with Crippen LogP contribution in [0.5, 0.6) is 0 Å². The fourth-order valence-corrected chi connectivity index (χ4v) is 2.62. The van der Waals surface area contributed by atoms with Crippen LogP contribution < -0.4 is 5.32 Å². The van der Waals surface area contributed by atoms with E-state index in [1.165, 1.54) is 13.2 Å². The summed E-state index contributed by atoms with van der Waals surface area (Å²) in [6.07, 6.45) is -3.42. The van der Waals surface area contributed by atoms with Gasteiger partial charge in [-0.3, -0.25) is 4.79 Å². The van der Waals surface area contributed by atoms with E-state index in [0.717, 1.165) is 16.3 Å². The Labute approximate surface area is 147 Å². The van der Waals surface area contributed by atoms with Crippen LogP contribution in [-0.4, -0.2) is 33.3 Å². The van der Waals surface area contributed by atoms with Crippen LogP contribution >= 0.6 is 11.6 Å². The minimum absolute atomic E-state index is 0.119. The van der Waals surface area contributed by atoms with Crippen molar-refractivity contribution < 1.29 is 23.1 Å². The number of aliphatic hydroxyl groups is 1. The molecule has 2 aromatic rings. The number of nitrogens with zero attached hydrogens (tertiary/aromatic N) is 2. The molecule has 0 saturated heterocycles. The molecule has 1 unspecified atom stereocenters. The number of aromatic nitrogens is 2. The second-order valence-electron chi connectivity index (χ2n) is 5.63. The van der Waals surface area contributed by atoms with Crippen LogP contribution in [0.15, 0.2) is 36.7 Å². The Morgan fingerprint density at radius 1 is 1.40 bits per heavy atom. The van der Waals surface area contributed by atoms with Gasteiger partial charge in [0.2, 0.25) is 11.5 Å². The molecule has 2 rings (SSSR count). The lowest BCUT2D eigenvalue weighted by Gasteiger charge is -2.29. The first-order valence-electron chi connectivity index (χ1n) is 7.41. The van der Waals surface area contributed by atoms with Gasteiger partial charge in [0.1, 0.15) is 0 Å². The first-order valence-corrected chi connectivity index (χ1v) is 7.79. The summed E-state index contributed by atoms with van der Waals surface area (Å²) in [7, 11) is 1.32. The van der Waals surface area contributed by atoms with Crippen molar-refractivity contribution in [3.05, 3.63) is 53.1 Å². The monoisotopic (exact) mass is 375 g/mol. The Balaban J connectivity index is 2.02. The van der Waals surface area contributed by atoms with E-state index in [1.807, 2.05) is 0 Å². The molecule has 1 amide bonds. The summed E-state index contributed by atoms with van der Waals surface area (Å²) < 4.78 is 41.1. The van der Waals surface area contributed by atoms with Gasteiger partial charge in [-0.1, -0.05) is 23.7 Å². The molecule has 0 aliphatic heterocycles. The molecule has 0 radical (unpaired) electrons. The number of rotatable bonds is 6. The molecule has 0 spiro atoms. The highest BCUT2D eigenvalue weighted by Crippen LogP contribution is 2.40. The van der Waals surface area contributed by atoms with Crippen molar-refractivity contribution in [3.8, 4) is 0 Å². The van der Waals surface area contributed by atoms with Crippen molar-refractivity contribution >= 4 is 17.5 Å². The van der Waals surface area contributed by atoms with Crippen LogP contribution in [0.25, 0.3) is 0 Å². The SMILES string of the molecule is Cn1ccnc1C(O)(CC(=O)NCCc1cccc(Cl)c1)C(F)(F)F. The Morgan fingerprint density at radius 2 is 2.12 bits per heavy atom. The number of hydrogen-bond acceptors (Lipinski definition) is 3. The molecule has 0 aliphatic carbocycles. The van der Waals surface area contributed by atoms with E-state index in [1.54, 1.807) is 24.3 Å². The van der Waals surface area contributed by atoms with Crippen LogP contribution in [-0.2, 0) is 23.9 Å². The summed E-state index contributed by atoms with van der Waals surface area (Å²) in [5, 5.41) is 13.0. The Hall–Kier alpha value is -2.06. The molecule has 2 N–H and O–H groups in total. The smallest absolute Gasteiger partial charge is 0.374 e. The van der Waals surface area contributed by atoms with Crippen molar-refractivity contribution in [2.75, 3.05) is 6.54 Å². The maximum Gasteiger partial charge on any atom is 0.425 e. The topological polar surface area (TPSA) is 67.1 Å². The molecule has 0 bridgehead atoms. The molecule has 0 fully saturated rings. The number of halogens is 4. The van der Waals surface area contributed by atoms with Crippen molar-refractivity contribution in [3.63, 3.8) is 0 Å². The molecular weight excluding hydrogens is 359 g/mol. The number of alkyl halides is 3. The van der Waals surface area contributed by atoms with Gasteiger partial charge in [-0.15, -0.1) is 0 Å². The highest BCUT2D eigenvalue weighted by Gasteiger charge is 2.58. The first kappa shape index (κ1) is 19.3. The number of aryl methyl sites for hydroxylation is 1. The third kappa shape index (κ3) is 4.52. The van der Waals surface area contributed by atoms with Gasteiger partial charge in [-0.25, -0.2) is 4.98 Å². The van der Waals surface area contributed by atoms with E-state index in [0.29, 0.717) is 11.4 Å². The van der Waals surface area contributed by atoms with Crippen LogP contribution in [0.2, 0.25) is 5.02 Å². The van der Waals surface area contributed by atoms with Gasteiger partial charge >= 0.3 is 6.18 Å². The zero-order valence-corrected chi connectivity index (χ0v) is 14.1. The maximum absolute atomic E-state index is 13.3.